The highest BCUT2D eigenvalue weighted by atomic mass is 32.2. The lowest BCUT2D eigenvalue weighted by Gasteiger charge is -2.14. The van der Waals surface area contributed by atoms with E-state index in [1.54, 1.807) is 70.9 Å². The van der Waals surface area contributed by atoms with Crippen LogP contribution in [0.2, 0.25) is 0 Å². The van der Waals surface area contributed by atoms with Crippen LogP contribution in [0, 0.1) is 0 Å². The fourth-order valence-electron chi connectivity index (χ4n) is 4.68. The van der Waals surface area contributed by atoms with E-state index in [0.29, 0.717) is 29.5 Å². The molecule has 7 nitrogen and oxygen atoms in total. The van der Waals surface area contributed by atoms with Crippen molar-refractivity contribution < 1.29 is 27.4 Å². The van der Waals surface area contributed by atoms with Gasteiger partial charge in [-0.3, -0.25) is 0 Å². The third-order valence-electron chi connectivity index (χ3n) is 6.50. The van der Waals surface area contributed by atoms with Crippen LogP contribution in [0.15, 0.2) is 88.7 Å². The molecule has 0 radical (unpaired) electrons. The zero-order valence-corrected chi connectivity index (χ0v) is 21.8. The Balaban J connectivity index is 1.67. The van der Waals surface area contributed by atoms with Crippen molar-refractivity contribution >= 4 is 31.6 Å². The first-order valence-electron chi connectivity index (χ1n) is 11.6. The average Bonchev–Trinajstić information content (AvgIpc) is 3.24. The molecule has 0 aliphatic heterocycles. The van der Waals surface area contributed by atoms with Crippen LogP contribution < -0.4 is 18.9 Å². The van der Waals surface area contributed by atoms with E-state index in [2.05, 4.69) is 4.57 Å². The highest BCUT2D eigenvalue weighted by molar-refractivity contribution is 7.91. The molecule has 0 aliphatic carbocycles. The highest BCUT2D eigenvalue weighted by Crippen LogP contribution is 2.44. The smallest absolute Gasteiger partial charge is 0.206 e. The molecule has 1 aromatic heterocycles. The van der Waals surface area contributed by atoms with Crippen LogP contribution in [0.1, 0.15) is 5.56 Å². The number of methoxy groups -OCH3 is 4. The number of ether oxygens (including phenoxy) is 4. The van der Waals surface area contributed by atoms with Crippen molar-refractivity contribution in [3.05, 3.63) is 84.4 Å². The Kier molecular flexibility index (Phi) is 6.43. The quantitative estimate of drug-likeness (QED) is 0.262. The first-order chi connectivity index (χ1) is 17.9. The van der Waals surface area contributed by atoms with E-state index in [9.17, 15) is 8.42 Å². The van der Waals surface area contributed by atoms with Gasteiger partial charge in [0.1, 0.15) is 0 Å². The van der Waals surface area contributed by atoms with Crippen molar-refractivity contribution in [2.45, 2.75) is 16.3 Å². The summed E-state index contributed by atoms with van der Waals surface area (Å²) in [6.45, 7) is 0.463. The number of rotatable bonds is 8. The average molecular weight is 518 g/mol. The largest absolute Gasteiger partial charge is 0.493 e. The Morgan fingerprint density at radius 2 is 1.27 bits per heavy atom. The van der Waals surface area contributed by atoms with E-state index < -0.39 is 9.84 Å². The van der Waals surface area contributed by atoms with E-state index in [-0.39, 0.29) is 9.79 Å². The molecule has 0 atom stereocenters. The second-order valence-electron chi connectivity index (χ2n) is 8.47. The normalized spacial score (nSPS) is 11.6. The summed E-state index contributed by atoms with van der Waals surface area (Å²) in [5, 5.41) is 1.94. The summed E-state index contributed by atoms with van der Waals surface area (Å²) in [5.41, 5.74) is 2.69. The van der Waals surface area contributed by atoms with Gasteiger partial charge in [0.25, 0.3) is 0 Å². The van der Waals surface area contributed by atoms with Gasteiger partial charge in [0.15, 0.2) is 23.0 Å². The number of fused-ring (bicyclic) bond motifs is 3. The Morgan fingerprint density at radius 3 is 1.89 bits per heavy atom. The van der Waals surface area contributed by atoms with Crippen molar-refractivity contribution in [2.75, 3.05) is 28.4 Å². The summed E-state index contributed by atoms with van der Waals surface area (Å²) >= 11 is 0. The summed E-state index contributed by atoms with van der Waals surface area (Å²) in [7, 11) is 2.84. The standard InChI is InChI=1S/C29H27NO6S/c1-33-25-15-14-22-23-16-26(34-2)27(35-3)17-24(23)30(28(22)29(25)36-4)18-19-10-12-21(13-11-19)37(31,32)20-8-6-5-7-9-20/h5-17H,18H2,1-4H3. The van der Waals surface area contributed by atoms with E-state index in [0.717, 1.165) is 27.4 Å². The minimum Gasteiger partial charge on any atom is -0.493 e. The van der Waals surface area contributed by atoms with Gasteiger partial charge in [-0.25, -0.2) is 8.42 Å². The predicted molar refractivity (Wildman–Crippen MR) is 143 cm³/mol. The van der Waals surface area contributed by atoms with Gasteiger partial charge < -0.3 is 23.5 Å². The molecule has 0 saturated carbocycles. The van der Waals surface area contributed by atoms with Crippen molar-refractivity contribution in [3.63, 3.8) is 0 Å². The number of hydrogen-bond acceptors (Lipinski definition) is 6. The van der Waals surface area contributed by atoms with Crippen LogP contribution in [0.5, 0.6) is 23.0 Å². The maximum atomic E-state index is 13.0. The summed E-state index contributed by atoms with van der Waals surface area (Å²) in [6, 6.07) is 23.2. The Morgan fingerprint density at radius 1 is 0.649 bits per heavy atom. The van der Waals surface area contributed by atoms with E-state index in [4.69, 9.17) is 18.9 Å². The van der Waals surface area contributed by atoms with Gasteiger partial charge >= 0.3 is 0 Å². The summed E-state index contributed by atoms with van der Waals surface area (Å²) in [4.78, 5) is 0.512. The molecule has 1 heterocycles. The number of hydrogen-bond donors (Lipinski definition) is 0. The molecule has 0 N–H and O–H groups in total. The molecule has 190 valence electrons. The summed E-state index contributed by atoms with van der Waals surface area (Å²) in [5.74, 6) is 2.45. The van der Waals surface area contributed by atoms with Crippen molar-refractivity contribution in [1.29, 1.82) is 0 Å². The van der Waals surface area contributed by atoms with Gasteiger partial charge in [0.2, 0.25) is 9.84 Å². The van der Waals surface area contributed by atoms with Crippen LogP contribution in [0.3, 0.4) is 0 Å². The zero-order valence-electron chi connectivity index (χ0n) is 21.0. The fraction of sp³-hybridized carbons (Fsp3) is 0.172. The molecule has 37 heavy (non-hydrogen) atoms. The summed E-state index contributed by atoms with van der Waals surface area (Å²) < 4.78 is 50.7. The number of aromatic nitrogens is 1. The minimum absolute atomic E-state index is 0.246. The highest BCUT2D eigenvalue weighted by Gasteiger charge is 2.22. The lowest BCUT2D eigenvalue weighted by atomic mass is 10.1. The Labute approximate surface area is 215 Å². The molecule has 0 aliphatic rings. The molecule has 0 fully saturated rings. The first-order valence-corrected chi connectivity index (χ1v) is 13.1. The Bertz CT molecular complexity index is 1690. The lowest BCUT2D eigenvalue weighted by molar-refractivity contribution is 0.355. The number of benzene rings is 4. The SMILES string of the molecule is COc1cc2c3ccc(OC)c(OC)c3n(Cc3ccc(S(=O)(=O)c4ccccc4)cc3)c2cc1OC. The molecular weight excluding hydrogens is 490 g/mol. The van der Waals surface area contributed by atoms with Crippen molar-refractivity contribution in [1.82, 2.24) is 4.57 Å². The lowest BCUT2D eigenvalue weighted by Crippen LogP contribution is -2.04. The molecule has 0 bridgehead atoms. The zero-order chi connectivity index (χ0) is 26.2. The molecule has 0 saturated heterocycles. The van der Waals surface area contributed by atoms with Gasteiger partial charge in [-0.1, -0.05) is 30.3 Å². The topological polar surface area (TPSA) is 76.0 Å². The van der Waals surface area contributed by atoms with Crippen LogP contribution >= 0.6 is 0 Å². The van der Waals surface area contributed by atoms with E-state index in [1.165, 1.54) is 0 Å². The molecule has 4 aromatic carbocycles. The van der Waals surface area contributed by atoms with Crippen molar-refractivity contribution in [3.8, 4) is 23.0 Å². The van der Waals surface area contributed by atoms with Gasteiger partial charge in [0, 0.05) is 23.4 Å². The summed E-state index contributed by atoms with van der Waals surface area (Å²) in [6.07, 6.45) is 0. The molecule has 5 rings (SSSR count). The molecule has 0 spiro atoms. The molecule has 5 aromatic rings. The van der Waals surface area contributed by atoms with Crippen LogP contribution in [-0.2, 0) is 16.4 Å². The van der Waals surface area contributed by atoms with Gasteiger partial charge in [0.05, 0.1) is 49.3 Å². The second-order valence-corrected chi connectivity index (χ2v) is 10.4. The third kappa shape index (κ3) is 4.13. The third-order valence-corrected chi connectivity index (χ3v) is 8.29. The maximum absolute atomic E-state index is 13.0. The van der Waals surface area contributed by atoms with Crippen molar-refractivity contribution in [2.24, 2.45) is 0 Å². The molecule has 0 unspecified atom stereocenters. The molecule has 8 heteroatoms. The molecular formula is C29H27NO6S. The van der Waals surface area contributed by atoms with E-state index >= 15 is 0 Å². The number of nitrogens with zero attached hydrogens (tertiary/aromatic N) is 1. The monoisotopic (exact) mass is 517 g/mol. The van der Waals surface area contributed by atoms with Gasteiger partial charge in [-0.2, -0.15) is 0 Å². The first kappa shape index (κ1) is 24.5. The molecule has 0 amide bonds. The number of sulfone groups is 1. The van der Waals surface area contributed by atoms with Gasteiger partial charge in [-0.05, 0) is 48.0 Å². The Hall–Kier alpha value is -4.17. The van der Waals surface area contributed by atoms with Gasteiger partial charge in [-0.15, -0.1) is 0 Å². The predicted octanol–water partition coefficient (Wildman–Crippen LogP) is 5.71. The van der Waals surface area contributed by atoms with E-state index in [1.807, 2.05) is 36.4 Å². The van der Waals surface area contributed by atoms with Crippen LogP contribution in [0.25, 0.3) is 21.8 Å². The second kappa shape index (κ2) is 9.71. The fourth-order valence-corrected chi connectivity index (χ4v) is 5.96. The maximum Gasteiger partial charge on any atom is 0.206 e. The van der Waals surface area contributed by atoms with Crippen LogP contribution in [0.4, 0.5) is 0 Å². The minimum atomic E-state index is -3.60. The van der Waals surface area contributed by atoms with Crippen LogP contribution in [-0.4, -0.2) is 41.4 Å².